The van der Waals surface area contributed by atoms with Crippen LogP contribution in [0.5, 0.6) is 0 Å². The van der Waals surface area contributed by atoms with Crippen molar-refractivity contribution in [1.29, 1.82) is 0 Å². The molecule has 5 heteroatoms. The summed E-state index contributed by atoms with van der Waals surface area (Å²) in [6.07, 6.45) is -1.41. The lowest BCUT2D eigenvalue weighted by atomic mass is 10.1. The Morgan fingerprint density at radius 1 is 1.21 bits per heavy atom. The van der Waals surface area contributed by atoms with Gasteiger partial charge >= 0.3 is 6.18 Å². The first kappa shape index (κ1) is 13.9. The van der Waals surface area contributed by atoms with Crippen LogP contribution in [-0.2, 0) is 6.18 Å². The molecule has 0 bridgehead atoms. The van der Waals surface area contributed by atoms with Gasteiger partial charge in [-0.15, -0.1) is 0 Å². The second kappa shape index (κ2) is 5.23. The Morgan fingerprint density at radius 2 is 1.84 bits per heavy atom. The van der Waals surface area contributed by atoms with Gasteiger partial charge in [0, 0.05) is 11.6 Å². The van der Waals surface area contributed by atoms with Crippen LogP contribution in [0.15, 0.2) is 24.3 Å². The van der Waals surface area contributed by atoms with Crippen LogP contribution in [0.3, 0.4) is 0 Å². The van der Waals surface area contributed by atoms with Gasteiger partial charge in [0.2, 0.25) is 0 Å². The minimum atomic E-state index is -4.37. The van der Waals surface area contributed by atoms with Crippen LogP contribution in [0.4, 0.5) is 13.2 Å². The zero-order valence-electron chi connectivity index (χ0n) is 10.6. The van der Waals surface area contributed by atoms with E-state index < -0.39 is 11.7 Å². The number of carbonyl (C=O) groups is 1. The topological polar surface area (TPSA) is 29.1 Å². The lowest BCUT2D eigenvalue weighted by Crippen LogP contribution is -2.32. The van der Waals surface area contributed by atoms with E-state index in [0.717, 1.165) is 31.4 Å². The van der Waals surface area contributed by atoms with Gasteiger partial charge in [-0.05, 0) is 49.4 Å². The summed E-state index contributed by atoms with van der Waals surface area (Å²) < 4.78 is 37.2. The molecule has 2 rings (SSSR count). The fraction of sp³-hybridized carbons (Fsp3) is 0.500. The van der Waals surface area contributed by atoms with E-state index in [9.17, 15) is 18.0 Å². The number of rotatable bonds is 2. The Balaban J connectivity index is 2.00. The van der Waals surface area contributed by atoms with E-state index in [-0.39, 0.29) is 17.5 Å². The van der Waals surface area contributed by atoms with Crippen molar-refractivity contribution in [2.24, 2.45) is 5.92 Å². The normalized spacial score (nSPS) is 23.4. The second-order valence-corrected chi connectivity index (χ2v) is 5.16. The van der Waals surface area contributed by atoms with Gasteiger partial charge in [-0.3, -0.25) is 4.79 Å². The summed E-state index contributed by atoms with van der Waals surface area (Å²) in [5, 5.41) is 2.86. The monoisotopic (exact) mass is 271 g/mol. The van der Waals surface area contributed by atoms with Crippen LogP contribution < -0.4 is 5.32 Å². The van der Waals surface area contributed by atoms with Crippen molar-refractivity contribution in [2.75, 3.05) is 0 Å². The van der Waals surface area contributed by atoms with Crippen molar-refractivity contribution in [2.45, 2.75) is 38.4 Å². The minimum Gasteiger partial charge on any atom is -0.349 e. The second-order valence-electron chi connectivity index (χ2n) is 5.16. The van der Waals surface area contributed by atoms with Gasteiger partial charge in [0.1, 0.15) is 0 Å². The molecule has 2 nitrogen and oxygen atoms in total. The van der Waals surface area contributed by atoms with Crippen molar-refractivity contribution < 1.29 is 18.0 Å². The van der Waals surface area contributed by atoms with Gasteiger partial charge in [-0.1, -0.05) is 6.92 Å². The van der Waals surface area contributed by atoms with Gasteiger partial charge in [0.05, 0.1) is 5.56 Å². The molecule has 104 valence electrons. The van der Waals surface area contributed by atoms with Crippen LogP contribution in [0, 0.1) is 5.92 Å². The molecule has 1 aromatic rings. The number of carbonyl (C=O) groups excluding carboxylic acids is 1. The van der Waals surface area contributed by atoms with Crippen LogP contribution in [-0.4, -0.2) is 11.9 Å². The Morgan fingerprint density at radius 3 is 2.32 bits per heavy atom. The summed E-state index contributed by atoms with van der Waals surface area (Å²) >= 11 is 0. The van der Waals surface area contributed by atoms with Crippen LogP contribution in [0.2, 0.25) is 0 Å². The summed E-state index contributed by atoms with van der Waals surface area (Å²) in [6.45, 7) is 2.13. The van der Waals surface area contributed by atoms with E-state index in [1.54, 1.807) is 0 Å². The van der Waals surface area contributed by atoms with E-state index in [1.807, 2.05) is 0 Å². The van der Waals surface area contributed by atoms with Gasteiger partial charge in [0.25, 0.3) is 5.91 Å². The zero-order chi connectivity index (χ0) is 14.0. The predicted octanol–water partition coefficient (Wildman–Crippen LogP) is 3.62. The van der Waals surface area contributed by atoms with E-state index in [2.05, 4.69) is 12.2 Å². The Labute approximate surface area is 110 Å². The highest BCUT2D eigenvalue weighted by Crippen LogP contribution is 2.29. The molecule has 1 aliphatic carbocycles. The molecule has 2 atom stereocenters. The third-order valence-electron chi connectivity index (χ3n) is 3.50. The van der Waals surface area contributed by atoms with Crippen LogP contribution >= 0.6 is 0 Å². The fourth-order valence-electron chi connectivity index (χ4n) is 2.42. The molecule has 1 amide bonds. The number of hydrogen-bond acceptors (Lipinski definition) is 1. The van der Waals surface area contributed by atoms with E-state index in [4.69, 9.17) is 0 Å². The summed E-state index contributed by atoms with van der Waals surface area (Å²) in [5.41, 5.74) is -0.467. The number of halogens is 3. The summed E-state index contributed by atoms with van der Waals surface area (Å²) in [7, 11) is 0. The third kappa shape index (κ3) is 3.49. The average molecular weight is 271 g/mol. The number of amides is 1. The summed E-state index contributed by atoms with van der Waals surface area (Å²) in [6, 6.07) is 4.45. The van der Waals surface area contributed by atoms with Crippen LogP contribution in [0.1, 0.15) is 42.1 Å². The highest BCUT2D eigenvalue weighted by atomic mass is 19.4. The molecule has 0 radical (unpaired) electrons. The maximum atomic E-state index is 12.4. The largest absolute Gasteiger partial charge is 0.416 e. The molecule has 0 aromatic heterocycles. The van der Waals surface area contributed by atoms with Crippen LogP contribution in [0.25, 0.3) is 0 Å². The summed E-state index contributed by atoms with van der Waals surface area (Å²) in [4.78, 5) is 11.9. The van der Waals surface area contributed by atoms with Gasteiger partial charge in [-0.25, -0.2) is 0 Å². The molecule has 19 heavy (non-hydrogen) atoms. The average Bonchev–Trinajstić information content (AvgIpc) is 2.74. The van der Waals surface area contributed by atoms with Gasteiger partial charge in [0.15, 0.2) is 0 Å². The molecular weight excluding hydrogens is 255 g/mol. The van der Waals surface area contributed by atoms with E-state index in [0.29, 0.717) is 5.92 Å². The first-order chi connectivity index (χ1) is 8.86. The SMILES string of the molecule is CC1CCC(NC(=O)c2ccc(C(F)(F)F)cc2)C1. The molecule has 1 aliphatic rings. The Hall–Kier alpha value is -1.52. The highest BCUT2D eigenvalue weighted by molar-refractivity contribution is 5.94. The lowest BCUT2D eigenvalue weighted by molar-refractivity contribution is -0.137. The maximum Gasteiger partial charge on any atom is 0.416 e. The van der Waals surface area contributed by atoms with E-state index >= 15 is 0 Å². The molecule has 1 fully saturated rings. The third-order valence-corrected chi connectivity index (χ3v) is 3.50. The molecule has 0 heterocycles. The molecule has 1 aromatic carbocycles. The number of alkyl halides is 3. The van der Waals surface area contributed by atoms with Crippen molar-refractivity contribution in [3.63, 3.8) is 0 Å². The van der Waals surface area contributed by atoms with Gasteiger partial charge < -0.3 is 5.32 Å². The maximum absolute atomic E-state index is 12.4. The fourth-order valence-corrected chi connectivity index (χ4v) is 2.42. The van der Waals surface area contributed by atoms with Crippen molar-refractivity contribution in [1.82, 2.24) is 5.32 Å². The number of hydrogen-bond donors (Lipinski definition) is 1. The molecule has 1 saturated carbocycles. The Bertz CT molecular complexity index is 453. The van der Waals surface area contributed by atoms with Gasteiger partial charge in [-0.2, -0.15) is 13.2 Å². The molecule has 1 N–H and O–H groups in total. The Kier molecular flexibility index (Phi) is 3.83. The quantitative estimate of drug-likeness (QED) is 0.874. The zero-order valence-corrected chi connectivity index (χ0v) is 10.6. The number of nitrogens with one attached hydrogen (secondary N) is 1. The molecular formula is C14H16F3NO. The van der Waals surface area contributed by atoms with Crippen molar-refractivity contribution in [3.05, 3.63) is 35.4 Å². The number of benzene rings is 1. The standard InChI is InChI=1S/C14H16F3NO/c1-9-2-7-12(8-9)18-13(19)10-3-5-11(6-4-10)14(15,16)17/h3-6,9,12H,2,7-8H2,1H3,(H,18,19). The minimum absolute atomic E-state index is 0.143. The first-order valence-electron chi connectivity index (χ1n) is 6.34. The molecule has 2 unspecified atom stereocenters. The predicted molar refractivity (Wildman–Crippen MR) is 65.7 cm³/mol. The summed E-state index contributed by atoms with van der Waals surface area (Å²) in [5.74, 6) is 0.297. The molecule has 0 aliphatic heterocycles. The lowest BCUT2D eigenvalue weighted by Gasteiger charge is -2.13. The van der Waals surface area contributed by atoms with Crippen molar-refractivity contribution in [3.8, 4) is 0 Å². The van der Waals surface area contributed by atoms with E-state index in [1.165, 1.54) is 12.1 Å². The smallest absolute Gasteiger partial charge is 0.349 e. The van der Waals surface area contributed by atoms with Crippen molar-refractivity contribution >= 4 is 5.91 Å². The molecule has 0 saturated heterocycles. The molecule has 0 spiro atoms. The first-order valence-corrected chi connectivity index (χ1v) is 6.34. The highest BCUT2D eigenvalue weighted by Gasteiger charge is 2.30.